The summed E-state index contributed by atoms with van der Waals surface area (Å²) in [5, 5.41) is 13.7. The maximum absolute atomic E-state index is 12.3. The molecule has 0 radical (unpaired) electrons. The molecule has 0 aliphatic heterocycles. The van der Waals surface area contributed by atoms with E-state index in [4.69, 9.17) is 0 Å². The number of rotatable bonds is 8. The van der Waals surface area contributed by atoms with Crippen molar-refractivity contribution in [3.8, 4) is 11.3 Å². The highest BCUT2D eigenvalue weighted by atomic mass is 32.1. The largest absolute Gasteiger partial charge is 0.388 e. The number of aliphatic hydroxyl groups excluding tert-OH is 1. The number of anilines is 1. The van der Waals surface area contributed by atoms with E-state index in [9.17, 15) is 9.90 Å². The van der Waals surface area contributed by atoms with Gasteiger partial charge in [-0.3, -0.25) is 4.79 Å². The van der Waals surface area contributed by atoms with Crippen LogP contribution in [0.25, 0.3) is 11.3 Å². The molecule has 0 fully saturated rings. The van der Waals surface area contributed by atoms with E-state index in [1.807, 2.05) is 60.7 Å². The first-order valence-electron chi connectivity index (χ1n) is 9.25. The Morgan fingerprint density at radius 1 is 1.11 bits per heavy atom. The molecule has 0 saturated carbocycles. The first-order valence-corrected chi connectivity index (χ1v) is 10.1. The molecule has 1 atom stereocenters. The van der Waals surface area contributed by atoms with Crippen LogP contribution in [-0.2, 0) is 11.2 Å². The molecular formula is C22H24N2O2S. The van der Waals surface area contributed by atoms with Crippen molar-refractivity contribution < 1.29 is 9.90 Å². The molecule has 0 aliphatic rings. The van der Waals surface area contributed by atoms with E-state index >= 15 is 0 Å². The monoisotopic (exact) mass is 380 g/mol. The van der Waals surface area contributed by atoms with Gasteiger partial charge in [0, 0.05) is 16.9 Å². The zero-order valence-electron chi connectivity index (χ0n) is 15.4. The van der Waals surface area contributed by atoms with Crippen LogP contribution in [0.3, 0.4) is 0 Å². The molecule has 27 heavy (non-hydrogen) atoms. The number of nitrogens with one attached hydrogen (secondary N) is 1. The van der Waals surface area contributed by atoms with Gasteiger partial charge in [0.15, 0.2) is 5.13 Å². The number of benzene rings is 2. The predicted molar refractivity (Wildman–Crippen MR) is 111 cm³/mol. The molecule has 2 aromatic carbocycles. The topological polar surface area (TPSA) is 62.2 Å². The summed E-state index contributed by atoms with van der Waals surface area (Å²) in [4.78, 5) is 18.1. The maximum atomic E-state index is 12.3. The van der Waals surface area contributed by atoms with Crippen LogP contribution in [-0.4, -0.2) is 16.0 Å². The van der Waals surface area contributed by atoms with E-state index in [0.717, 1.165) is 29.7 Å². The van der Waals surface area contributed by atoms with Crippen LogP contribution in [0.2, 0.25) is 0 Å². The molecule has 0 aliphatic carbocycles. The van der Waals surface area contributed by atoms with Crippen molar-refractivity contribution in [3.63, 3.8) is 0 Å². The first kappa shape index (κ1) is 19.3. The molecule has 5 heteroatoms. The van der Waals surface area contributed by atoms with Gasteiger partial charge in [-0.05, 0) is 18.4 Å². The second kappa shape index (κ2) is 9.44. The Kier molecular flexibility index (Phi) is 6.74. The van der Waals surface area contributed by atoms with E-state index in [1.165, 1.54) is 16.2 Å². The van der Waals surface area contributed by atoms with Crippen LogP contribution < -0.4 is 5.32 Å². The van der Waals surface area contributed by atoms with E-state index in [0.29, 0.717) is 11.6 Å². The highest BCUT2D eigenvalue weighted by Crippen LogP contribution is 2.32. The fraction of sp³-hybridized carbons (Fsp3) is 0.273. The molecule has 0 unspecified atom stereocenters. The number of aryl methyl sites for hydroxylation is 1. The van der Waals surface area contributed by atoms with Crippen LogP contribution in [0.5, 0.6) is 0 Å². The fourth-order valence-corrected chi connectivity index (χ4v) is 4.02. The van der Waals surface area contributed by atoms with E-state index in [-0.39, 0.29) is 12.3 Å². The van der Waals surface area contributed by atoms with Gasteiger partial charge in [-0.25, -0.2) is 4.98 Å². The number of hydrogen-bond acceptors (Lipinski definition) is 4. The quantitative estimate of drug-likeness (QED) is 0.563. The molecule has 2 N–H and O–H groups in total. The maximum Gasteiger partial charge on any atom is 0.226 e. The second-order valence-corrected chi connectivity index (χ2v) is 7.50. The third-order valence-corrected chi connectivity index (χ3v) is 5.33. The van der Waals surface area contributed by atoms with Crippen molar-refractivity contribution in [1.29, 1.82) is 0 Å². The Morgan fingerprint density at radius 2 is 1.78 bits per heavy atom. The van der Waals surface area contributed by atoms with Crippen molar-refractivity contribution in [2.45, 2.75) is 38.7 Å². The highest BCUT2D eigenvalue weighted by molar-refractivity contribution is 7.16. The summed E-state index contributed by atoms with van der Waals surface area (Å²) >= 11 is 1.53. The lowest BCUT2D eigenvalue weighted by atomic mass is 10.1. The molecule has 140 valence electrons. The molecule has 3 rings (SSSR count). The average Bonchev–Trinajstić information content (AvgIpc) is 3.10. The number of thiazole rings is 1. The normalized spacial score (nSPS) is 11.9. The first-order chi connectivity index (χ1) is 13.2. The van der Waals surface area contributed by atoms with Crippen LogP contribution in [0.4, 0.5) is 5.13 Å². The van der Waals surface area contributed by atoms with Gasteiger partial charge in [0.25, 0.3) is 0 Å². The van der Waals surface area contributed by atoms with Crippen molar-refractivity contribution in [1.82, 2.24) is 4.98 Å². The van der Waals surface area contributed by atoms with Gasteiger partial charge in [0.1, 0.15) is 0 Å². The number of hydrogen-bond donors (Lipinski definition) is 2. The van der Waals surface area contributed by atoms with Crippen molar-refractivity contribution in [3.05, 3.63) is 71.1 Å². The lowest BCUT2D eigenvalue weighted by Gasteiger charge is -2.10. The Balaban J connectivity index is 1.64. The summed E-state index contributed by atoms with van der Waals surface area (Å²) in [5.41, 5.74) is 2.84. The lowest BCUT2D eigenvalue weighted by Crippen LogP contribution is -2.12. The van der Waals surface area contributed by atoms with Crippen LogP contribution >= 0.6 is 11.3 Å². The highest BCUT2D eigenvalue weighted by Gasteiger charge is 2.15. The number of amides is 1. The molecule has 0 bridgehead atoms. The fourth-order valence-electron chi connectivity index (χ4n) is 2.91. The predicted octanol–water partition coefficient (Wildman–Crippen LogP) is 5.21. The molecule has 3 aromatic rings. The smallest absolute Gasteiger partial charge is 0.226 e. The number of aliphatic hydroxyl groups is 1. The summed E-state index contributed by atoms with van der Waals surface area (Å²) in [6.45, 7) is 2.14. The Hall–Kier alpha value is -2.50. The third kappa shape index (κ3) is 5.25. The number of carbonyl (C=O) groups excluding carboxylic acids is 1. The van der Waals surface area contributed by atoms with E-state index < -0.39 is 6.10 Å². The summed E-state index contributed by atoms with van der Waals surface area (Å²) in [5.74, 6) is -0.124. The molecular weight excluding hydrogens is 356 g/mol. The summed E-state index contributed by atoms with van der Waals surface area (Å²) < 4.78 is 0. The molecule has 0 spiro atoms. The van der Waals surface area contributed by atoms with Crippen LogP contribution in [0.1, 0.15) is 42.7 Å². The zero-order valence-corrected chi connectivity index (χ0v) is 16.2. The van der Waals surface area contributed by atoms with Gasteiger partial charge in [0.05, 0.1) is 11.8 Å². The van der Waals surface area contributed by atoms with Crippen molar-refractivity contribution in [2.24, 2.45) is 0 Å². The Morgan fingerprint density at radius 3 is 2.44 bits per heavy atom. The lowest BCUT2D eigenvalue weighted by molar-refractivity contribution is -0.116. The molecule has 1 amide bonds. The minimum Gasteiger partial charge on any atom is -0.388 e. The summed E-state index contributed by atoms with van der Waals surface area (Å²) in [7, 11) is 0. The van der Waals surface area contributed by atoms with Gasteiger partial charge in [-0.15, -0.1) is 11.3 Å². The summed E-state index contributed by atoms with van der Waals surface area (Å²) in [6.07, 6.45) is 1.96. The molecule has 1 aromatic heterocycles. The van der Waals surface area contributed by atoms with Crippen LogP contribution in [0.15, 0.2) is 60.7 Å². The Labute approximate surface area is 163 Å². The van der Waals surface area contributed by atoms with Gasteiger partial charge in [-0.2, -0.15) is 0 Å². The van der Waals surface area contributed by atoms with Gasteiger partial charge in [0.2, 0.25) is 5.91 Å². The van der Waals surface area contributed by atoms with E-state index in [1.54, 1.807) is 0 Å². The zero-order chi connectivity index (χ0) is 19.1. The van der Waals surface area contributed by atoms with Crippen molar-refractivity contribution in [2.75, 3.05) is 5.32 Å². The van der Waals surface area contributed by atoms with Gasteiger partial charge >= 0.3 is 0 Å². The third-order valence-electron chi connectivity index (χ3n) is 4.30. The minimum absolute atomic E-state index is 0.124. The minimum atomic E-state index is -0.635. The van der Waals surface area contributed by atoms with Crippen molar-refractivity contribution >= 4 is 22.4 Å². The van der Waals surface area contributed by atoms with Gasteiger partial charge < -0.3 is 10.4 Å². The molecule has 0 saturated heterocycles. The van der Waals surface area contributed by atoms with E-state index in [2.05, 4.69) is 17.2 Å². The standard InChI is InChI=1S/C22H24N2O2S/c1-2-9-19-21(17-12-7-4-8-13-17)24-22(27-19)23-20(26)15-14-18(25)16-10-5-3-6-11-16/h3-8,10-13,18,25H,2,9,14-15H2,1H3,(H,23,24,26)/t18-/m1/s1. The number of nitrogens with zero attached hydrogens (tertiary/aromatic N) is 1. The molecule has 4 nitrogen and oxygen atoms in total. The Bertz CT molecular complexity index is 863. The van der Waals surface area contributed by atoms with Crippen LogP contribution in [0, 0.1) is 0 Å². The van der Waals surface area contributed by atoms with Gasteiger partial charge in [-0.1, -0.05) is 74.0 Å². The number of aromatic nitrogens is 1. The second-order valence-electron chi connectivity index (χ2n) is 6.42. The average molecular weight is 381 g/mol. The number of carbonyl (C=O) groups is 1. The molecule has 1 heterocycles. The SMILES string of the molecule is CCCc1sc(NC(=O)CC[C@@H](O)c2ccccc2)nc1-c1ccccc1. The summed E-state index contributed by atoms with van der Waals surface area (Å²) in [6, 6.07) is 19.5.